The minimum atomic E-state index is -0.728. The third-order valence-electron chi connectivity index (χ3n) is 5.66. The molecule has 1 saturated heterocycles. The third kappa shape index (κ3) is 4.36. The Hall–Kier alpha value is -2.80. The van der Waals surface area contributed by atoms with Gasteiger partial charge in [0.2, 0.25) is 5.91 Å². The molecule has 1 heterocycles. The van der Waals surface area contributed by atoms with Crippen molar-refractivity contribution in [1.29, 1.82) is 0 Å². The first-order valence-corrected chi connectivity index (χ1v) is 11.3. The zero-order valence-electron chi connectivity index (χ0n) is 16.7. The largest absolute Gasteiger partial charge is 0.325 e. The molecule has 2 aromatic carbocycles. The van der Waals surface area contributed by atoms with Crippen molar-refractivity contribution in [3.8, 4) is 0 Å². The number of benzene rings is 2. The van der Waals surface area contributed by atoms with E-state index < -0.39 is 5.54 Å². The lowest BCUT2D eigenvalue weighted by Crippen LogP contribution is -2.44. The molecule has 2 fully saturated rings. The van der Waals surface area contributed by atoms with Crippen molar-refractivity contribution in [2.75, 3.05) is 11.9 Å². The van der Waals surface area contributed by atoms with E-state index in [2.05, 4.69) is 22.8 Å². The molecule has 2 aliphatic rings. The summed E-state index contributed by atoms with van der Waals surface area (Å²) in [4.78, 5) is 39.7. The van der Waals surface area contributed by atoms with Crippen LogP contribution in [-0.4, -0.2) is 34.8 Å². The van der Waals surface area contributed by atoms with Crippen molar-refractivity contribution in [1.82, 2.24) is 10.2 Å². The zero-order chi connectivity index (χ0) is 21.0. The summed E-state index contributed by atoms with van der Waals surface area (Å²) in [6.45, 7) is 0.0948. The Kier molecular flexibility index (Phi) is 6.08. The maximum atomic E-state index is 12.7. The van der Waals surface area contributed by atoms with Crippen LogP contribution in [0.4, 0.5) is 10.5 Å². The number of anilines is 1. The fraction of sp³-hybridized carbons (Fsp3) is 0.348. The van der Waals surface area contributed by atoms with E-state index in [9.17, 15) is 14.4 Å². The maximum Gasteiger partial charge on any atom is 0.325 e. The number of thioether (sulfide) groups is 1. The molecule has 2 N–H and O–H groups in total. The van der Waals surface area contributed by atoms with Crippen LogP contribution in [-0.2, 0) is 15.3 Å². The van der Waals surface area contributed by atoms with E-state index in [0.29, 0.717) is 12.8 Å². The Labute approximate surface area is 180 Å². The highest BCUT2D eigenvalue weighted by molar-refractivity contribution is 7.98. The lowest BCUT2D eigenvalue weighted by atomic mass is 9.98. The van der Waals surface area contributed by atoms with Gasteiger partial charge in [0.15, 0.2) is 0 Å². The normalized spacial score (nSPS) is 17.4. The van der Waals surface area contributed by atoms with Gasteiger partial charge in [-0.2, -0.15) is 0 Å². The second kappa shape index (κ2) is 8.92. The van der Waals surface area contributed by atoms with Crippen LogP contribution in [0.25, 0.3) is 0 Å². The molecule has 0 bridgehead atoms. The van der Waals surface area contributed by atoms with E-state index in [1.165, 1.54) is 10.5 Å². The van der Waals surface area contributed by atoms with Crippen molar-refractivity contribution < 1.29 is 14.4 Å². The molecule has 0 unspecified atom stereocenters. The van der Waals surface area contributed by atoms with Gasteiger partial charge in [-0.05, 0) is 30.5 Å². The summed E-state index contributed by atoms with van der Waals surface area (Å²) < 4.78 is 0. The van der Waals surface area contributed by atoms with Crippen LogP contribution in [0.5, 0.6) is 0 Å². The number of hydrogen-bond acceptors (Lipinski definition) is 4. The Balaban J connectivity index is 1.33. The molecule has 7 heteroatoms. The first-order chi connectivity index (χ1) is 14.6. The van der Waals surface area contributed by atoms with Gasteiger partial charge in [0.05, 0.1) is 5.69 Å². The van der Waals surface area contributed by atoms with Crippen LogP contribution in [0.15, 0.2) is 59.5 Å². The molecule has 156 valence electrons. The monoisotopic (exact) mass is 423 g/mol. The molecule has 4 amide bonds. The SMILES string of the molecule is O=C(CCN1C(=O)NC2(CCCC2)C1=O)Nc1ccccc1SCc1ccccc1. The quantitative estimate of drug-likeness (QED) is 0.517. The summed E-state index contributed by atoms with van der Waals surface area (Å²) in [5.41, 5.74) is 1.23. The molecular weight excluding hydrogens is 398 g/mol. The molecule has 2 aromatic rings. The standard InChI is InChI=1S/C23H25N3O3S/c27-20(12-15-26-21(28)23(25-22(26)29)13-6-7-14-23)24-18-10-4-5-11-19(18)30-16-17-8-2-1-3-9-17/h1-5,8-11H,6-7,12-16H2,(H,24,27)(H,25,29). The number of hydrogen-bond donors (Lipinski definition) is 2. The van der Waals surface area contributed by atoms with Crippen molar-refractivity contribution in [2.45, 2.75) is 48.3 Å². The molecule has 30 heavy (non-hydrogen) atoms. The molecule has 6 nitrogen and oxygen atoms in total. The van der Waals surface area contributed by atoms with Crippen molar-refractivity contribution >= 4 is 35.3 Å². The minimum Gasteiger partial charge on any atom is -0.325 e. The average Bonchev–Trinajstić information content (AvgIpc) is 3.31. The van der Waals surface area contributed by atoms with E-state index in [-0.39, 0.29) is 30.8 Å². The fourth-order valence-electron chi connectivity index (χ4n) is 4.05. The van der Waals surface area contributed by atoms with Gasteiger partial charge < -0.3 is 10.6 Å². The van der Waals surface area contributed by atoms with E-state index >= 15 is 0 Å². The second-order valence-electron chi connectivity index (χ2n) is 7.74. The maximum absolute atomic E-state index is 12.7. The van der Waals surface area contributed by atoms with Crippen LogP contribution in [0, 0.1) is 0 Å². The van der Waals surface area contributed by atoms with E-state index in [4.69, 9.17) is 0 Å². The van der Waals surface area contributed by atoms with Gasteiger partial charge in [-0.25, -0.2) is 4.79 Å². The zero-order valence-corrected chi connectivity index (χ0v) is 17.5. The number of para-hydroxylation sites is 1. The first-order valence-electron chi connectivity index (χ1n) is 10.3. The Morgan fingerprint density at radius 3 is 2.50 bits per heavy atom. The predicted molar refractivity (Wildman–Crippen MR) is 117 cm³/mol. The Bertz CT molecular complexity index is 942. The summed E-state index contributed by atoms with van der Waals surface area (Å²) in [6, 6.07) is 17.4. The number of carbonyl (C=O) groups excluding carboxylic acids is 3. The van der Waals surface area contributed by atoms with E-state index in [1.807, 2.05) is 42.5 Å². The van der Waals surface area contributed by atoms with Crippen LogP contribution in [0.2, 0.25) is 0 Å². The van der Waals surface area contributed by atoms with Crippen LogP contribution >= 0.6 is 11.8 Å². The van der Waals surface area contributed by atoms with Crippen molar-refractivity contribution in [3.63, 3.8) is 0 Å². The molecule has 1 spiro atoms. The molecule has 1 aliphatic carbocycles. The lowest BCUT2D eigenvalue weighted by Gasteiger charge is -2.20. The van der Waals surface area contributed by atoms with Crippen molar-refractivity contribution in [3.05, 3.63) is 60.2 Å². The summed E-state index contributed by atoms with van der Waals surface area (Å²) in [6.07, 6.45) is 3.33. The molecule has 4 rings (SSSR count). The minimum absolute atomic E-state index is 0.0763. The summed E-state index contributed by atoms with van der Waals surface area (Å²) >= 11 is 1.66. The second-order valence-corrected chi connectivity index (χ2v) is 8.76. The summed E-state index contributed by atoms with van der Waals surface area (Å²) in [5, 5.41) is 5.78. The van der Waals surface area contributed by atoms with Crippen LogP contribution in [0.3, 0.4) is 0 Å². The number of nitrogens with one attached hydrogen (secondary N) is 2. The van der Waals surface area contributed by atoms with E-state index in [0.717, 1.165) is 29.2 Å². The summed E-state index contributed by atoms with van der Waals surface area (Å²) in [5.74, 6) is 0.408. The van der Waals surface area contributed by atoms with Gasteiger partial charge in [0, 0.05) is 23.6 Å². The predicted octanol–water partition coefficient (Wildman–Crippen LogP) is 4.17. The van der Waals surface area contributed by atoms with Gasteiger partial charge in [-0.1, -0.05) is 55.3 Å². The van der Waals surface area contributed by atoms with Gasteiger partial charge >= 0.3 is 6.03 Å². The average molecular weight is 424 g/mol. The highest BCUT2D eigenvalue weighted by atomic mass is 32.2. The van der Waals surface area contributed by atoms with Gasteiger partial charge in [0.1, 0.15) is 5.54 Å². The number of rotatable bonds is 7. The summed E-state index contributed by atoms with van der Waals surface area (Å²) in [7, 11) is 0. The molecule has 0 radical (unpaired) electrons. The molecule has 1 saturated carbocycles. The molecule has 0 atom stereocenters. The first kappa shape index (κ1) is 20.5. The Morgan fingerprint density at radius 1 is 1.03 bits per heavy atom. The van der Waals surface area contributed by atoms with Gasteiger partial charge in [-0.15, -0.1) is 11.8 Å². The lowest BCUT2D eigenvalue weighted by molar-refractivity contribution is -0.131. The number of imide groups is 1. The fourth-order valence-corrected chi connectivity index (χ4v) is 5.02. The Morgan fingerprint density at radius 2 is 1.73 bits per heavy atom. The van der Waals surface area contributed by atoms with Gasteiger partial charge in [0.25, 0.3) is 5.91 Å². The smallest absolute Gasteiger partial charge is 0.325 e. The highest BCUT2D eigenvalue weighted by Gasteiger charge is 2.52. The van der Waals surface area contributed by atoms with Gasteiger partial charge in [-0.3, -0.25) is 14.5 Å². The number of nitrogens with zero attached hydrogens (tertiary/aromatic N) is 1. The molecule has 1 aliphatic heterocycles. The molecule has 0 aromatic heterocycles. The van der Waals surface area contributed by atoms with Crippen molar-refractivity contribution in [2.24, 2.45) is 0 Å². The van der Waals surface area contributed by atoms with Crippen LogP contribution < -0.4 is 10.6 Å². The topological polar surface area (TPSA) is 78.5 Å². The number of amides is 4. The van der Waals surface area contributed by atoms with Crippen LogP contribution in [0.1, 0.15) is 37.7 Å². The number of urea groups is 1. The third-order valence-corrected chi connectivity index (χ3v) is 6.81. The molecular formula is C23H25N3O3S. The number of carbonyl (C=O) groups is 3. The van der Waals surface area contributed by atoms with E-state index in [1.54, 1.807) is 11.8 Å². The highest BCUT2D eigenvalue weighted by Crippen LogP contribution is 2.35.